The van der Waals surface area contributed by atoms with Crippen molar-refractivity contribution in [1.82, 2.24) is 18.8 Å². The van der Waals surface area contributed by atoms with Crippen LogP contribution in [0.15, 0.2) is 24.3 Å². The van der Waals surface area contributed by atoms with Crippen molar-refractivity contribution in [2.45, 2.75) is 31.8 Å². The fourth-order valence-corrected chi connectivity index (χ4v) is 4.86. The first kappa shape index (κ1) is 22.0. The van der Waals surface area contributed by atoms with Crippen molar-refractivity contribution in [2.24, 2.45) is 0 Å². The summed E-state index contributed by atoms with van der Waals surface area (Å²) in [5.41, 5.74) is 0.616. The maximum atomic E-state index is 12.3. The number of carbonyl (C=O) groups is 1. The summed E-state index contributed by atoms with van der Waals surface area (Å²) in [6.45, 7) is 4.70. The van der Waals surface area contributed by atoms with Gasteiger partial charge in [0, 0.05) is 45.8 Å². The van der Waals surface area contributed by atoms with E-state index in [1.807, 2.05) is 0 Å². The standard InChI is InChI=1S/C20H32N4O4S/c1-22(2)29(26,27)24-14-9-19(10-15-24)28-18-7-5-17(6-8-18)20(25)21-11-16-23-12-3-4-13-23/h5-8,19H,3-4,9-16H2,1-2H3,(H,21,25). The highest BCUT2D eigenvalue weighted by Crippen LogP contribution is 2.21. The van der Waals surface area contributed by atoms with Gasteiger partial charge in [-0.2, -0.15) is 17.0 Å². The van der Waals surface area contributed by atoms with Crippen LogP contribution < -0.4 is 10.1 Å². The van der Waals surface area contributed by atoms with Crippen molar-refractivity contribution in [3.8, 4) is 5.75 Å². The molecule has 2 fully saturated rings. The molecule has 2 heterocycles. The number of amides is 1. The van der Waals surface area contributed by atoms with E-state index >= 15 is 0 Å². The molecule has 0 unspecified atom stereocenters. The minimum Gasteiger partial charge on any atom is -0.490 e. The molecular formula is C20H32N4O4S. The molecule has 2 aliphatic rings. The number of benzene rings is 1. The van der Waals surface area contributed by atoms with E-state index in [9.17, 15) is 13.2 Å². The summed E-state index contributed by atoms with van der Waals surface area (Å²) in [6.07, 6.45) is 3.76. The molecule has 9 heteroatoms. The second-order valence-electron chi connectivity index (χ2n) is 7.84. The van der Waals surface area contributed by atoms with Gasteiger partial charge < -0.3 is 15.0 Å². The number of likely N-dealkylation sites (tertiary alicyclic amines) is 1. The van der Waals surface area contributed by atoms with Gasteiger partial charge in [0.25, 0.3) is 16.1 Å². The third-order valence-corrected chi connectivity index (χ3v) is 7.46. The van der Waals surface area contributed by atoms with Crippen molar-refractivity contribution < 1.29 is 17.9 Å². The smallest absolute Gasteiger partial charge is 0.281 e. The Bertz CT molecular complexity index is 768. The molecule has 0 aromatic heterocycles. The van der Waals surface area contributed by atoms with Crippen molar-refractivity contribution in [3.05, 3.63) is 29.8 Å². The van der Waals surface area contributed by atoms with Gasteiger partial charge in [-0.3, -0.25) is 4.79 Å². The Balaban J connectivity index is 1.43. The Labute approximate surface area is 174 Å². The highest BCUT2D eigenvalue weighted by Gasteiger charge is 2.30. The van der Waals surface area contributed by atoms with Crippen LogP contribution in [-0.4, -0.2) is 87.3 Å². The van der Waals surface area contributed by atoms with Gasteiger partial charge in [0.2, 0.25) is 0 Å². The molecule has 162 valence electrons. The number of carbonyl (C=O) groups excluding carboxylic acids is 1. The average Bonchev–Trinajstić information content (AvgIpc) is 3.22. The molecule has 29 heavy (non-hydrogen) atoms. The van der Waals surface area contributed by atoms with Crippen LogP contribution in [0.2, 0.25) is 0 Å². The zero-order valence-corrected chi connectivity index (χ0v) is 18.2. The summed E-state index contributed by atoms with van der Waals surface area (Å²) in [6, 6.07) is 7.15. The Kier molecular flexibility index (Phi) is 7.50. The molecule has 0 saturated carbocycles. The zero-order chi connectivity index (χ0) is 20.9. The van der Waals surface area contributed by atoms with Crippen LogP contribution in [0.4, 0.5) is 0 Å². The Hall–Kier alpha value is -1.68. The van der Waals surface area contributed by atoms with Crippen LogP contribution in [-0.2, 0) is 10.2 Å². The van der Waals surface area contributed by atoms with E-state index in [4.69, 9.17) is 4.74 Å². The van der Waals surface area contributed by atoms with Gasteiger partial charge in [-0.05, 0) is 63.0 Å². The van der Waals surface area contributed by atoms with Gasteiger partial charge >= 0.3 is 0 Å². The number of hydrogen-bond donors (Lipinski definition) is 1. The SMILES string of the molecule is CN(C)S(=O)(=O)N1CCC(Oc2ccc(C(=O)NCCN3CCCC3)cc2)CC1. The molecular weight excluding hydrogens is 392 g/mol. The lowest BCUT2D eigenvalue weighted by molar-refractivity contribution is 0.0949. The van der Waals surface area contributed by atoms with Gasteiger partial charge in [-0.1, -0.05) is 0 Å². The van der Waals surface area contributed by atoms with Crippen LogP contribution in [0.5, 0.6) is 5.75 Å². The molecule has 3 rings (SSSR count). The lowest BCUT2D eigenvalue weighted by Gasteiger charge is -2.32. The Morgan fingerprint density at radius 2 is 1.72 bits per heavy atom. The summed E-state index contributed by atoms with van der Waals surface area (Å²) in [5, 5.41) is 2.97. The molecule has 0 aliphatic carbocycles. The van der Waals surface area contributed by atoms with Crippen LogP contribution in [0.25, 0.3) is 0 Å². The van der Waals surface area contributed by atoms with Gasteiger partial charge in [0.15, 0.2) is 0 Å². The van der Waals surface area contributed by atoms with Crippen molar-refractivity contribution in [1.29, 1.82) is 0 Å². The first-order valence-electron chi connectivity index (χ1n) is 10.3. The highest BCUT2D eigenvalue weighted by molar-refractivity contribution is 7.86. The number of nitrogens with one attached hydrogen (secondary N) is 1. The van der Waals surface area contributed by atoms with Crippen LogP contribution in [0.1, 0.15) is 36.0 Å². The first-order valence-corrected chi connectivity index (χ1v) is 11.7. The monoisotopic (exact) mass is 424 g/mol. The number of piperidine rings is 1. The summed E-state index contributed by atoms with van der Waals surface area (Å²) in [5.74, 6) is 0.630. The third kappa shape index (κ3) is 5.91. The molecule has 1 aromatic carbocycles. The van der Waals surface area contributed by atoms with Crippen molar-refractivity contribution in [3.63, 3.8) is 0 Å². The van der Waals surface area contributed by atoms with Gasteiger partial charge in [0.05, 0.1) is 0 Å². The number of ether oxygens (including phenoxy) is 1. The molecule has 0 radical (unpaired) electrons. The van der Waals surface area contributed by atoms with Crippen molar-refractivity contribution in [2.75, 3.05) is 53.4 Å². The van der Waals surface area contributed by atoms with E-state index in [1.54, 1.807) is 38.4 Å². The first-order chi connectivity index (χ1) is 13.9. The minimum atomic E-state index is -3.36. The molecule has 1 aromatic rings. The molecule has 1 N–H and O–H groups in total. The Morgan fingerprint density at radius 1 is 1.10 bits per heavy atom. The second kappa shape index (κ2) is 9.88. The summed E-state index contributed by atoms with van der Waals surface area (Å²) in [7, 11) is -0.274. The summed E-state index contributed by atoms with van der Waals surface area (Å²) in [4.78, 5) is 14.6. The number of nitrogens with zero attached hydrogens (tertiary/aromatic N) is 3. The highest BCUT2D eigenvalue weighted by atomic mass is 32.2. The minimum absolute atomic E-state index is 0.0243. The van der Waals surface area contributed by atoms with Crippen LogP contribution >= 0.6 is 0 Å². The molecule has 0 bridgehead atoms. The molecule has 1 amide bonds. The Morgan fingerprint density at radius 3 is 2.31 bits per heavy atom. The van der Waals surface area contributed by atoms with Gasteiger partial charge in [0.1, 0.15) is 11.9 Å². The quantitative estimate of drug-likeness (QED) is 0.677. The predicted octanol–water partition coefficient (Wildman–Crippen LogP) is 1.16. The molecule has 0 atom stereocenters. The maximum Gasteiger partial charge on any atom is 0.281 e. The lowest BCUT2D eigenvalue weighted by Crippen LogP contribution is -2.46. The normalized spacial score (nSPS) is 19.6. The van der Waals surface area contributed by atoms with E-state index in [1.165, 1.54) is 21.5 Å². The fourth-order valence-electron chi connectivity index (χ4n) is 3.72. The van der Waals surface area contributed by atoms with E-state index < -0.39 is 10.2 Å². The average molecular weight is 425 g/mol. The second-order valence-corrected chi connectivity index (χ2v) is 9.98. The van der Waals surface area contributed by atoms with E-state index in [0.717, 1.165) is 19.6 Å². The number of hydrogen-bond acceptors (Lipinski definition) is 5. The summed E-state index contributed by atoms with van der Waals surface area (Å²) >= 11 is 0. The van der Waals surface area contributed by atoms with Crippen LogP contribution in [0.3, 0.4) is 0 Å². The van der Waals surface area contributed by atoms with Crippen LogP contribution in [0, 0.1) is 0 Å². The van der Waals surface area contributed by atoms with E-state index in [2.05, 4.69) is 10.2 Å². The van der Waals surface area contributed by atoms with Gasteiger partial charge in [-0.25, -0.2) is 0 Å². The number of rotatable bonds is 8. The molecule has 0 spiro atoms. The molecule has 2 aliphatic heterocycles. The topological polar surface area (TPSA) is 82.2 Å². The summed E-state index contributed by atoms with van der Waals surface area (Å²) < 4.78 is 33.1. The maximum absolute atomic E-state index is 12.3. The fraction of sp³-hybridized carbons (Fsp3) is 0.650. The van der Waals surface area contributed by atoms with Gasteiger partial charge in [-0.15, -0.1) is 0 Å². The van der Waals surface area contributed by atoms with E-state index in [0.29, 0.717) is 43.8 Å². The third-order valence-electron chi connectivity index (χ3n) is 5.52. The predicted molar refractivity (Wildman–Crippen MR) is 112 cm³/mol. The zero-order valence-electron chi connectivity index (χ0n) is 17.3. The molecule has 8 nitrogen and oxygen atoms in total. The van der Waals surface area contributed by atoms with E-state index in [-0.39, 0.29) is 12.0 Å². The lowest BCUT2D eigenvalue weighted by atomic mass is 10.1. The van der Waals surface area contributed by atoms with Crippen molar-refractivity contribution >= 4 is 16.1 Å². The molecule has 2 saturated heterocycles. The largest absolute Gasteiger partial charge is 0.490 e.